The summed E-state index contributed by atoms with van der Waals surface area (Å²) in [4.78, 5) is 14.3. The van der Waals surface area contributed by atoms with E-state index < -0.39 is 11.7 Å². The van der Waals surface area contributed by atoms with Gasteiger partial charge in [0.15, 0.2) is 0 Å². The van der Waals surface area contributed by atoms with E-state index in [1.807, 2.05) is 6.92 Å². The third kappa shape index (κ3) is 5.23. The predicted molar refractivity (Wildman–Crippen MR) is 83.1 cm³/mol. The molecule has 1 aromatic rings. The SMILES string of the molecule is CC(CC(=O)NC1CCN(C)CC1)c1ccc(C(F)(F)F)cc1. The number of hydrogen-bond donors (Lipinski definition) is 1. The highest BCUT2D eigenvalue weighted by atomic mass is 19.4. The lowest BCUT2D eigenvalue weighted by atomic mass is 9.96. The second-order valence-electron chi connectivity index (χ2n) is 6.37. The van der Waals surface area contributed by atoms with Gasteiger partial charge in [-0.1, -0.05) is 19.1 Å². The Morgan fingerprint density at radius 1 is 1.26 bits per heavy atom. The summed E-state index contributed by atoms with van der Waals surface area (Å²) < 4.78 is 37.7. The van der Waals surface area contributed by atoms with Crippen LogP contribution in [0.1, 0.15) is 43.2 Å². The summed E-state index contributed by atoms with van der Waals surface area (Å²) in [5.41, 5.74) is 0.0840. The fraction of sp³-hybridized carbons (Fsp3) is 0.588. The number of carbonyl (C=O) groups excluding carboxylic acids is 1. The van der Waals surface area contributed by atoms with Crippen LogP contribution in [0, 0.1) is 0 Å². The Labute approximate surface area is 134 Å². The number of piperidine rings is 1. The monoisotopic (exact) mass is 328 g/mol. The van der Waals surface area contributed by atoms with Crippen LogP contribution in [0.5, 0.6) is 0 Å². The van der Waals surface area contributed by atoms with Gasteiger partial charge in [-0.2, -0.15) is 13.2 Å². The van der Waals surface area contributed by atoms with Crippen LogP contribution in [0.2, 0.25) is 0 Å². The first kappa shape index (κ1) is 17.8. The van der Waals surface area contributed by atoms with Crippen molar-refractivity contribution in [1.82, 2.24) is 10.2 Å². The molecule has 1 saturated heterocycles. The third-order valence-corrected chi connectivity index (χ3v) is 4.38. The molecule has 0 aliphatic carbocycles. The van der Waals surface area contributed by atoms with E-state index in [1.165, 1.54) is 12.1 Å². The Bertz CT molecular complexity index is 520. The highest BCUT2D eigenvalue weighted by Gasteiger charge is 2.30. The number of carbonyl (C=O) groups is 1. The lowest BCUT2D eigenvalue weighted by Crippen LogP contribution is -2.43. The number of nitrogens with zero attached hydrogens (tertiary/aromatic N) is 1. The van der Waals surface area contributed by atoms with Gasteiger partial charge in [-0.25, -0.2) is 0 Å². The molecule has 1 heterocycles. The van der Waals surface area contributed by atoms with Crippen LogP contribution in [0.3, 0.4) is 0 Å². The quantitative estimate of drug-likeness (QED) is 0.919. The topological polar surface area (TPSA) is 32.3 Å². The van der Waals surface area contributed by atoms with E-state index in [9.17, 15) is 18.0 Å². The number of halogens is 3. The van der Waals surface area contributed by atoms with Crippen LogP contribution in [0.25, 0.3) is 0 Å². The van der Waals surface area contributed by atoms with Gasteiger partial charge in [0.25, 0.3) is 0 Å². The zero-order chi connectivity index (χ0) is 17.0. The minimum atomic E-state index is -4.33. The van der Waals surface area contributed by atoms with Gasteiger partial charge in [-0.3, -0.25) is 4.79 Å². The smallest absolute Gasteiger partial charge is 0.353 e. The molecule has 1 aromatic carbocycles. The number of rotatable bonds is 4. The van der Waals surface area contributed by atoms with Crippen LogP contribution < -0.4 is 5.32 Å². The minimum Gasteiger partial charge on any atom is -0.353 e. The molecule has 128 valence electrons. The molecule has 1 atom stereocenters. The van der Waals surface area contributed by atoms with E-state index >= 15 is 0 Å². The molecule has 0 spiro atoms. The zero-order valence-electron chi connectivity index (χ0n) is 13.5. The van der Waals surface area contributed by atoms with Crippen molar-refractivity contribution in [2.45, 2.75) is 44.3 Å². The molecule has 0 aromatic heterocycles. The third-order valence-electron chi connectivity index (χ3n) is 4.38. The van der Waals surface area contributed by atoms with E-state index in [-0.39, 0.29) is 24.3 Å². The molecule has 3 nitrogen and oxygen atoms in total. The summed E-state index contributed by atoms with van der Waals surface area (Å²) in [6.07, 6.45) is -2.15. The molecule has 23 heavy (non-hydrogen) atoms. The van der Waals surface area contributed by atoms with Gasteiger partial charge in [-0.15, -0.1) is 0 Å². The maximum absolute atomic E-state index is 12.6. The van der Waals surface area contributed by atoms with E-state index in [4.69, 9.17) is 0 Å². The van der Waals surface area contributed by atoms with Gasteiger partial charge < -0.3 is 10.2 Å². The zero-order valence-corrected chi connectivity index (χ0v) is 13.5. The van der Waals surface area contributed by atoms with Crippen molar-refractivity contribution in [2.75, 3.05) is 20.1 Å². The maximum atomic E-state index is 12.6. The molecule has 1 unspecified atom stereocenters. The maximum Gasteiger partial charge on any atom is 0.416 e. The van der Waals surface area contributed by atoms with E-state index in [0.29, 0.717) is 0 Å². The first-order valence-electron chi connectivity index (χ1n) is 7.91. The Morgan fingerprint density at radius 3 is 2.35 bits per heavy atom. The van der Waals surface area contributed by atoms with Crippen molar-refractivity contribution in [3.8, 4) is 0 Å². The second kappa shape index (κ2) is 7.34. The molecular formula is C17H23F3N2O. The lowest BCUT2D eigenvalue weighted by Gasteiger charge is -2.29. The first-order valence-corrected chi connectivity index (χ1v) is 7.91. The van der Waals surface area contributed by atoms with Crippen molar-refractivity contribution in [2.24, 2.45) is 0 Å². The highest BCUT2D eigenvalue weighted by molar-refractivity contribution is 5.77. The predicted octanol–water partition coefficient (Wildman–Crippen LogP) is 3.41. The molecule has 0 bridgehead atoms. The van der Waals surface area contributed by atoms with Crippen LogP contribution in [-0.4, -0.2) is 37.0 Å². The first-order chi connectivity index (χ1) is 10.8. The van der Waals surface area contributed by atoms with Crippen molar-refractivity contribution < 1.29 is 18.0 Å². The molecular weight excluding hydrogens is 305 g/mol. The van der Waals surface area contributed by atoms with Gasteiger partial charge in [0.1, 0.15) is 0 Å². The van der Waals surface area contributed by atoms with E-state index in [2.05, 4.69) is 17.3 Å². The fourth-order valence-electron chi connectivity index (χ4n) is 2.84. The Kier molecular flexibility index (Phi) is 5.68. The van der Waals surface area contributed by atoms with E-state index in [1.54, 1.807) is 0 Å². The van der Waals surface area contributed by atoms with Crippen LogP contribution in [-0.2, 0) is 11.0 Å². The molecule has 6 heteroatoms. The molecule has 1 fully saturated rings. The van der Waals surface area contributed by atoms with Gasteiger partial charge in [0.2, 0.25) is 5.91 Å². The summed E-state index contributed by atoms with van der Waals surface area (Å²) in [6.45, 7) is 3.80. The van der Waals surface area contributed by atoms with Gasteiger partial charge in [0.05, 0.1) is 5.56 Å². The second-order valence-corrected chi connectivity index (χ2v) is 6.37. The van der Waals surface area contributed by atoms with Crippen LogP contribution in [0.4, 0.5) is 13.2 Å². The van der Waals surface area contributed by atoms with Crippen molar-refractivity contribution >= 4 is 5.91 Å². The number of likely N-dealkylation sites (tertiary alicyclic amines) is 1. The molecule has 0 saturated carbocycles. The normalized spacial score (nSPS) is 18.7. The van der Waals surface area contributed by atoms with E-state index in [0.717, 1.165) is 43.6 Å². The number of alkyl halides is 3. The molecule has 1 N–H and O–H groups in total. The summed E-state index contributed by atoms with van der Waals surface area (Å²) in [6, 6.07) is 5.26. The highest BCUT2D eigenvalue weighted by Crippen LogP contribution is 2.30. The molecule has 0 radical (unpaired) electrons. The van der Waals surface area contributed by atoms with Gasteiger partial charge in [-0.05, 0) is 56.6 Å². The van der Waals surface area contributed by atoms with Crippen LogP contribution in [0.15, 0.2) is 24.3 Å². The van der Waals surface area contributed by atoms with Crippen molar-refractivity contribution in [3.63, 3.8) is 0 Å². The van der Waals surface area contributed by atoms with Gasteiger partial charge >= 0.3 is 6.18 Å². The van der Waals surface area contributed by atoms with Crippen molar-refractivity contribution in [1.29, 1.82) is 0 Å². The number of benzene rings is 1. The van der Waals surface area contributed by atoms with Gasteiger partial charge in [0, 0.05) is 12.5 Å². The van der Waals surface area contributed by atoms with Crippen molar-refractivity contribution in [3.05, 3.63) is 35.4 Å². The minimum absolute atomic E-state index is 0.0352. The average Bonchev–Trinajstić information content (AvgIpc) is 2.49. The summed E-state index contributed by atoms with van der Waals surface area (Å²) >= 11 is 0. The molecule has 1 aliphatic rings. The fourth-order valence-corrected chi connectivity index (χ4v) is 2.84. The standard InChI is InChI=1S/C17H23F3N2O/c1-12(13-3-5-14(6-4-13)17(18,19)20)11-16(23)21-15-7-9-22(2)10-8-15/h3-6,12,15H,7-11H2,1-2H3,(H,21,23). The molecule has 1 amide bonds. The van der Waals surface area contributed by atoms with Crippen LogP contribution >= 0.6 is 0 Å². The number of amides is 1. The Hall–Kier alpha value is -1.56. The summed E-state index contributed by atoms with van der Waals surface area (Å²) in [5.74, 6) is -0.143. The largest absolute Gasteiger partial charge is 0.416 e. The average molecular weight is 328 g/mol. The Morgan fingerprint density at radius 2 is 1.83 bits per heavy atom. The lowest BCUT2D eigenvalue weighted by molar-refractivity contribution is -0.137. The molecule has 2 rings (SSSR count). The summed E-state index contributed by atoms with van der Waals surface area (Å²) in [7, 11) is 2.06. The molecule has 1 aliphatic heterocycles. The summed E-state index contributed by atoms with van der Waals surface area (Å²) in [5, 5.41) is 3.03. The number of nitrogens with one attached hydrogen (secondary N) is 1. The number of hydrogen-bond acceptors (Lipinski definition) is 2. The Balaban J connectivity index is 1.86.